The summed E-state index contributed by atoms with van der Waals surface area (Å²) in [6, 6.07) is 5.71. The van der Waals surface area contributed by atoms with Gasteiger partial charge in [0, 0.05) is 0 Å². The average molecular weight is 216 g/mol. The Morgan fingerprint density at radius 2 is 2.06 bits per heavy atom. The summed E-state index contributed by atoms with van der Waals surface area (Å²) < 4.78 is 5.32. The molecule has 0 unspecified atom stereocenters. The highest BCUT2D eigenvalue weighted by atomic mass is 16.6. The van der Waals surface area contributed by atoms with Gasteiger partial charge in [0.2, 0.25) is 0 Å². The summed E-state index contributed by atoms with van der Waals surface area (Å²) in [5.74, 6) is -0.248. The molecule has 2 heteroatoms. The van der Waals surface area contributed by atoms with Crippen LogP contribution in [0.1, 0.15) is 42.3 Å². The summed E-state index contributed by atoms with van der Waals surface area (Å²) in [5, 5.41) is 0. The minimum absolute atomic E-state index is 0.248. The maximum absolute atomic E-state index is 11.8. The summed E-state index contributed by atoms with van der Waals surface area (Å²) in [7, 11) is 0. The van der Waals surface area contributed by atoms with Crippen molar-refractivity contribution in [1.82, 2.24) is 0 Å². The van der Waals surface area contributed by atoms with Crippen molar-refractivity contribution in [3.63, 3.8) is 0 Å². The van der Waals surface area contributed by atoms with Gasteiger partial charge in [-0.05, 0) is 50.5 Å². The molecule has 0 saturated carbocycles. The number of allylic oxidation sites excluding steroid dienone is 1. The Morgan fingerprint density at radius 1 is 1.31 bits per heavy atom. The van der Waals surface area contributed by atoms with E-state index in [9.17, 15) is 4.79 Å². The number of hydrogen-bond acceptors (Lipinski definition) is 2. The van der Waals surface area contributed by atoms with Gasteiger partial charge in [-0.1, -0.05) is 18.2 Å². The highest BCUT2D eigenvalue weighted by Gasteiger charge is 2.18. The van der Waals surface area contributed by atoms with E-state index in [-0.39, 0.29) is 5.97 Å². The number of hydrogen-bond donors (Lipinski definition) is 0. The number of carbonyl (C=O) groups excluding carboxylic acids is 1. The molecule has 2 nitrogen and oxygen atoms in total. The molecule has 84 valence electrons. The zero-order valence-corrected chi connectivity index (χ0v) is 9.91. The second kappa shape index (κ2) is 3.78. The van der Waals surface area contributed by atoms with Crippen LogP contribution in [0.5, 0.6) is 0 Å². The zero-order valence-electron chi connectivity index (χ0n) is 9.91. The Balaban J connectivity index is 2.20. The quantitative estimate of drug-likeness (QED) is 0.674. The fourth-order valence-electron chi connectivity index (χ4n) is 1.72. The Bertz CT molecular complexity index is 450. The highest BCUT2D eigenvalue weighted by molar-refractivity contribution is 5.90. The summed E-state index contributed by atoms with van der Waals surface area (Å²) in [6.45, 7) is 5.62. The van der Waals surface area contributed by atoms with Crippen molar-refractivity contribution in [2.75, 3.05) is 0 Å². The van der Waals surface area contributed by atoms with Gasteiger partial charge in [0.15, 0.2) is 0 Å². The molecule has 1 aliphatic carbocycles. The Kier molecular flexibility index (Phi) is 2.58. The van der Waals surface area contributed by atoms with Crippen LogP contribution >= 0.6 is 0 Å². The van der Waals surface area contributed by atoms with E-state index in [2.05, 4.69) is 12.2 Å². The van der Waals surface area contributed by atoms with Crippen LogP contribution in [0.2, 0.25) is 0 Å². The van der Waals surface area contributed by atoms with Crippen LogP contribution < -0.4 is 0 Å². The molecule has 0 aromatic heterocycles. The van der Waals surface area contributed by atoms with E-state index >= 15 is 0 Å². The van der Waals surface area contributed by atoms with Gasteiger partial charge in [-0.3, -0.25) is 0 Å². The van der Waals surface area contributed by atoms with Crippen LogP contribution in [0, 0.1) is 0 Å². The number of rotatable bonds is 1. The molecule has 0 heterocycles. The van der Waals surface area contributed by atoms with Crippen molar-refractivity contribution in [3.05, 3.63) is 41.0 Å². The third-order valence-electron chi connectivity index (χ3n) is 2.41. The van der Waals surface area contributed by atoms with Gasteiger partial charge in [0.1, 0.15) is 5.60 Å². The maximum atomic E-state index is 11.8. The number of ether oxygens (including phenoxy) is 1. The van der Waals surface area contributed by atoms with Gasteiger partial charge in [-0.25, -0.2) is 4.79 Å². The summed E-state index contributed by atoms with van der Waals surface area (Å²) in [6.07, 6.45) is 5.09. The molecule has 0 aliphatic heterocycles. The smallest absolute Gasteiger partial charge is 0.338 e. The highest BCUT2D eigenvalue weighted by Crippen LogP contribution is 2.22. The molecule has 1 aromatic rings. The molecule has 1 aromatic carbocycles. The zero-order chi connectivity index (χ0) is 11.8. The van der Waals surface area contributed by atoms with E-state index in [4.69, 9.17) is 4.74 Å². The van der Waals surface area contributed by atoms with Crippen molar-refractivity contribution in [1.29, 1.82) is 0 Å². The van der Waals surface area contributed by atoms with Crippen molar-refractivity contribution in [3.8, 4) is 0 Å². The molecule has 0 N–H and O–H groups in total. The van der Waals surface area contributed by atoms with Crippen LogP contribution in [-0.2, 0) is 11.2 Å². The molecule has 0 radical (unpaired) electrons. The lowest BCUT2D eigenvalue weighted by atomic mass is 10.1. The maximum Gasteiger partial charge on any atom is 0.338 e. The van der Waals surface area contributed by atoms with E-state index in [0.29, 0.717) is 5.56 Å². The monoisotopic (exact) mass is 216 g/mol. The fraction of sp³-hybridized carbons (Fsp3) is 0.357. The number of esters is 1. The lowest BCUT2D eigenvalue weighted by Gasteiger charge is -2.19. The number of benzene rings is 1. The predicted molar refractivity (Wildman–Crippen MR) is 64.3 cm³/mol. The Labute approximate surface area is 95.9 Å². The van der Waals surface area contributed by atoms with Crippen molar-refractivity contribution in [2.24, 2.45) is 0 Å². The second-order valence-electron chi connectivity index (χ2n) is 5.02. The van der Waals surface area contributed by atoms with E-state index < -0.39 is 5.60 Å². The molecular weight excluding hydrogens is 200 g/mol. The van der Waals surface area contributed by atoms with Gasteiger partial charge in [-0.2, -0.15) is 0 Å². The lowest BCUT2D eigenvalue weighted by molar-refractivity contribution is 0.00694. The van der Waals surface area contributed by atoms with Gasteiger partial charge in [0.25, 0.3) is 0 Å². The number of carbonyl (C=O) groups is 1. The van der Waals surface area contributed by atoms with E-state index in [1.807, 2.05) is 39.0 Å². The molecule has 1 aliphatic rings. The first-order valence-corrected chi connectivity index (χ1v) is 5.48. The molecule has 0 saturated heterocycles. The minimum Gasteiger partial charge on any atom is -0.456 e. The minimum atomic E-state index is -0.436. The summed E-state index contributed by atoms with van der Waals surface area (Å²) >= 11 is 0. The lowest BCUT2D eigenvalue weighted by Crippen LogP contribution is -2.23. The molecule has 0 bridgehead atoms. The van der Waals surface area contributed by atoms with Crippen LogP contribution in [0.25, 0.3) is 6.08 Å². The second-order valence-corrected chi connectivity index (χ2v) is 5.02. The molecular formula is C14H16O2. The SMILES string of the molecule is CC(C)(C)OC(=O)c1ccc2c(c1)CC=C2. The molecule has 0 amide bonds. The number of fused-ring (bicyclic) bond motifs is 1. The van der Waals surface area contributed by atoms with Crippen LogP contribution in [0.4, 0.5) is 0 Å². The van der Waals surface area contributed by atoms with Crippen molar-refractivity contribution < 1.29 is 9.53 Å². The molecule has 16 heavy (non-hydrogen) atoms. The van der Waals surface area contributed by atoms with E-state index in [0.717, 1.165) is 6.42 Å². The Hall–Kier alpha value is -1.57. The third-order valence-corrected chi connectivity index (χ3v) is 2.41. The molecule has 0 fully saturated rings. The summed E-state index contributed by atoms with van der Waals surface area (Å²) in [5.41, 5.74) is 2.60. The normalized spacial score (nSPS) is 13.7. The first-order chi connectivity index (χ1) is 7.46. The molecule has 0 spiro atoms. The average Bonchev–Trinajstić information content (AvgIpc) is 2.61. The van der Waals surface area contributed by atoms with Crippen LogP contribution in [0.3, 0.4) is 0 Å². The van der Waals surface area contributed by atoms with Gasteiger partial charge in [-0.15, -0.1) is 0 Å². The van der Waals surface area contributed by atoms with Crippen molar-refractivity contribution in [2.45, 2.75) is 32.8 Å². The van der Waals surface area contributed by atoms with Gasteiger partial charge in [0.05, 0.1) is 5.56 Å². The van der Waals surface area contributed by atoms with E-state index in [1.54, 1.807) is 0 Å². The first kappa shape index (κ1) is 10.9. The predicted octanol–water partition coefficient (Wildman–Crippen LogP) is 3.21. The largest absolute Gasteiger partial charge is 0.456 e. The standard InChI is InChI=1S/C14H16O2/c1-14(2,3)16-13(15)12-8-7-10-5-4-6-11(10)9-12/h4-5,7-9H,6H2,1-3H3. The fourth-order valence-corrected chi connectivity index (χ4v) is 1.72. The third kappa shape index (κ3) is 2.32. The van der Waals surface area contributed by atoms with Crippen molar-refractivity contribution >= 4 is 12.0 Å². The van der Waals surface area contributed by atoms with Gasteiger partial charge < -0.3 is 4.74 Å². The summed E-state index contributed by atoms with van der Waals surface area (Å²) in [4.78, 5) is 11.8. The van der Waals surface area contributed by atoms with E-state index in [1.165, 1.54) is 11.1 Å². The Morgan fingerprint density at radius 3 is 2.75 bits per heavy atom. The first-order valence-electron chi connectivity index (χ1n) is 5.48. The van der Waals surface area contributed by atoms with Crippen LogP contribution in [-0.4, -0.2) is 11.6 Å². The molecule has 2 rings (SSSR count). The van der Waals surface area contributed by atoms with Gasteiger partial charge >= 0.3 is 5.97 Å². The topological polar surface area (TPSA) is 26.3 Å². The van der Waals surface area contributed by atoms with Crippen LogP contribution in [0.15, 0.2) is 24.3 Å². The molecule has 0 atom stereocenters.